The number of rotatable bonds is 1. The zero-order valence-corrected chi connectivity index (χ0v) is 10.8. The quantitative estimate of drug-likeness (QED) is 0.685. The van der Waals surface area contributed by atoms with Crippen LogP contribution < -0.4 is 5.73 Å². The van der Waals surface area contributed by atoms with Crippen molar-refractivity contribution in [1.29, 1.82) is 0 Å². The summed E-state index contributed by atoms with van der Waals surface area (Å²) in [4.78, 5) is 0. The number of hydrogen-bond acceptors (Lipinski definition) is 1. The standard InChI is InChI=1S/C16H25N/c17-15-4-2-1-3-14(15)16-8-11-5-12(9-16)7-13(6-11)10-16/h3,11-13,15H,1-2,4-10,17H2. The van der Waals surface area contributed by atoms with Gasteiger partial charge >= 0.3 is 0 Å². The zero-order valence-electron chi connectivity index (χ0n) is 10.8. The van der Waals surface area contributed by atoms with Crippen molar-refractivity contribution in [2.45, 2.75) is 63.8 Å². The molecule has 0 radical (unpaired) electrons. The van der Waals surface area contributed by atoms with Crippen molar-refractivity contribution < 1.29 is 0 Å². The van der Waals surface area contributed by atoms with Crippen LogP contribution in [0.5, 0.6) is 0 Å². The van der Waals surface area contributed by atoms with Crippen molar-refractivity contribution in [3.63, 3.8) is 0 Å². The largest absolute Gasteiger partial charge is 0.324 e. The summed E-state index contributed by atoms with van der Waals surface area (Å²) in [5.74, 6) is 3.16. The predicted molar refractivity (Wildman–Crippen MR) is 70.5 cm³/mol. The van der Waals surface area contributed by atoms with E-state index in [-0.39, 0.29) is 0 Å². The first-order valence-corrected chi connectivity index (χ1v) is 7.71. The number of allylic oxidation sites excluding steroid dienone is 1. The minimum atomic E-state index is 0.403. The van der Waals surface area contributed by atoms with Crippen molar-refractivity contribution in [2.75, 3.05) is 0 Å². The topological polar surface area (TPSA) is 26.0 Å². The summed E-state index contributed by atoms with van der Waals surface area (Å²) in [6.45, 7) is 0. The molecule has 1 nitrogen and oxygen atoms in total. The summed E-state index contributed by atoms with van der Waals surface area (Å²) in [5.41, 5.74) is 8.71. The molecule has 1 heteroatoms. The predicted octanol–water partition coefficient (Wildman–Crippen LogP) is 3.64. The lowest BCUT2D eigenvalue weighted by atomic mass is 9.47. The van der Waals surface area contributed by atoms with Crippen LogP contribution in [-0.4, -0.2) is 6.04 Å². The second-order valence-corrected chi connectivity index (χ2v) is 7.39. The Kier molecular flexibility index (Phi) is 2.25. The highest BCUT2D eigenvalue weighted by atomic mass is 14.7. The molecule has 94 valence electrons. The lowest BCUT2D eigenvalue weighted by molar-refractivity contribution is -0.0340. The van der Waals surface area contributed by atoms with Crippen molar-refractivity contribution in [2.24, 2.45) is 28.9 Å². The molecule has 1 unspecified atom stereocenters. The van der Waals surface area contributed by atoms with Crippen LogP contribution in [0, 0.1) is 23.2 Å². The molecule has 0 aromatic carbocycles. The number of hydrogen-bond donors (Lipinski definition) is 1. The lowest BCUT2D eigenvalue weighted by Crippen LogP contribution is -2.50. The van der Waals surface area contributed by atoms with E-state index in [0.29, 0.717) is 11.5 Å². The van der Waals surface area contributed by atoms with Crippen LogP contribution in [0.2, 0.25) is 0 Å². The maximum absolute atomic E-state index is 6.43. The van der Waals surface area contributed by atoms with Gasteiger partial charge in [0.2, 0.25) is 0 Å². The molecule has 0 saturated heterocycles. The van der Waals surface area contributed by atoms with Crippen molar-refractivity contribution in [3.05, 3.63) is 11.6 Å². The van der Waals surface area contributed by atoms with E-state index in [0.717, 1.165) is 17.8 Å². The van der Waals surface area contributed by atoms with Gasteiger partial charge in [-0.1, -0.05) is 11.6 Å². The van der Waals surface area contributed by atoms with E-state index in [2.05, 4.69) is 6.08 Å². The molecule has 0 heterocycles. The van der Waals surface area contributed by atoms with E-state index in [1.165, 1.54) is 38.5 Å². The van der Waals surface area contributed by atoms with E-state index >= 15 is 0 Å². The van der Waals surface area contributed by atoms with Crippen LogP contribution in [-0.2, 0) is 0 Å². The molecule has 5 aliphatic carbocycles. The molecule has 2 N–H and O–H groups in total. The third kappa shape index (κ3) is 1.54. The Morgan fingerprint density at radius 2 is 1.59 bits per heavy atom. The zero-order chi connectivity index (χ0) is 11.5. The Morgan fingerprint density at radius 3 is 2.12 bits per heavy atom. The van der Waals surface area contributed by atoms with E-state index in [1.54, 1.807) is 24.8 Å². The van der Waals surface area contributed by atoms with Gasteiger partial charge in [-0.2, -0.15) is 0 Å². The Hall–Kier alpha value is -0.300. The second kappa shape index (κ2) is 3.60. The Morgan fingerprint density at radius 1 is 1.00 bits per heavy atom. The van der Waals surface area contributed by atoms with Crippen LogP contribution in [0.15, 0.2) is 11.6 Å². The van der Waals surface area contributed by atoms with Gasteiger partial charge in [0.25, 0.3) is 0 Å². The highest BCUT2D eigenvalue weighted by Gasteiger charge is 2.53. The molecule has 0 aromatic heterocycles. The maximum atomic E-state index is 6.43. The van der Waals surface area contributed by atoms with E-state index in [9.17, 15) is 0 Å². The fourth-order valence-corrected chi connectivity index (χ4v) is 5.98. The minimum Gasteiger partial charge on any atom is -0.324 e. The van der Waals surface area contributed by atoms with Gasteiger partial charge in [0, 0.05) is 6.04 Å². The Balaban J connectivity index is 1.70. The Labute approximate surface area is 105 Å². The average Bonchev–Trinajstić information content (AvgIpc) is 2.27. The second-order valence-electron chi connectivity index (χ2n) is 7.39. The molecule has 4 fully saturated rings. The van der Waals surface area contributed by atoms with Crippen molar-refractivity contribution >= 4 is 0 Å². The van der Waals surface area contributed by atoms with Gasteiger partial charge in [-0.25, -0.2) is 0 Å². The molecule has 5 rings (SSSR count). The summed E-state index contributed by atoms with van der Waals surface area (Å²) >= 11 is 0. The highest BCUT2D eigenvalue weighted by Crippen LogP contribution is 2.63. The van der Waals surface area contributed by atoms with Crippen LogP contribution in [0.4, 0.5) is 0 Å². The molecule has 5 aliphatic rings. The third-order valence-electron chi connectivity index (χ3n) is 6.13. The van der Waals surface area contributed by atoms with Gasteiger partial charge in [-0.15, -0.1) is 0 Å². The van der Waals surface area contributed by atoms with Crippen molar-refractivity contribution in [1.82, 2.24) is 0 Å². The lowest BCUT2D eigenvalue weighted by Gasteiger charge is -2.59. The van der Waals surface area contributed by atoms with Crippen LogP contribution in [0.1, 0.15) is 57.8 Å². The molecule has 0 aliphatic heterocycles. The fraction of sp³-hybridized carbons (Fsp3) is 0.875. The van der Waals surface area contributed by atoms with Crippen LogP contribution >= 0.6 is 0 Å². The van der Waals surface area contributed by atoms with E-state index in [4.69, 9.17) is 5.73 Å². The molecule has 1 atom stereocenters. The SMILES string of the molecule is NC1CCCC=C1C12CC3CC(CC(C3)C1)C2. The highest BCUT2D eigenvalue weighted by molar-refractivity contribution is 5.26. The van der Waals surface area contributed by atoms with Gasteiger partial charge in [0.15, 0.2) is 0 Å². The van der Waals surface area contributed by atoms with Gasteiger partial charge in [-0.05, 0) is 81.0 Å². The summed E-state index contributed by atoms with van der Waals surface area (Å²) < 4.78 is 0. The molecule has 17 heavy (non-hydrogen) atoms. The molecule has 4 bridgehead atoms. The fourth-order valence-electron chi connectivity index (χ4n) is 5.98. The van der Waals surface area contributed by atoms with Gasteiger partial charge in [0.05, 0.1) is 0 Å². The molecule has 0 amide bonds. The molecule has 0 spiro atoms. The van der Waals surface area contributed by atoms with Crippen molar-refractivity contribution in [3.8, 4) is 0 Å². The molecule has 4 saturated carbocycles. The van der Waals surface area contributed by atoms with Crippen LogP contribution in [0.25, 0.3) is 0 Å². The Bertz CT molecular complexity index is 319. The van der Waals surface area contributed by atoms with E-state index in [1.807, 2.05) is 0 Å². The summed E-state index contributed by atoms with van der Waals surface area (Å²) in [6.07, 6.45) is 15.5. The summed E-state index contributed by atoms with van der Waals surface area (Å²) in [7, 11) is 0. The smallest absolute Gasteiger partial charge is 0.0259 e. The maximum Gasteiger partial charge on any atom is 0.0259 e. The van der Waals surface area contributed by atoms with Gasteiger partial charge in [-0.3, -0.25) is 0 Å². The first-order valence-electron chi connectivity index (χ1n) is 7.71. The molecular weight excluding hydrogens is 206 g/mol. The first kappa shape index (κ1) is 10.6. The van der Waals surface area contributed by atoms with Gasteiger partial charge in [0.1, 0.15) is 0 Å². The monoisotopic (exact) mass is 231 g/mol. The average molecular weight is 231 g/mol. The van der Waals surface area contributed by atoms with Gasteiger partial charge < -0.3 is 5.73 Å². The minimum absolute atomic E-state index is 0.403. The summed E-state index contributed by atoms with van der Waals surface area (Å²) in [5, 5.41) is 0. The molecule has 0 aromatic rings. The third-order valence-corrected chi connectivity index (χ3v) is 6.13. The van der Waals surface area contributed by atoms with E-state index < -0.39 is 0 Å². The van der Waals surface area contributed by atoms with Crippen LogP contribution in [0.3, 0.4) is 0 Å². The molecular formula is C16H25N. The first-order chi connectivity index (χ1) is 8.25. The summed E-state index contributed by atoms with van der Waals surface area (Å²) in [6, 6.07) is 0.403. The number of nitrogens with two attached hydrogens (primary N) is 1. The normalized spacial score (nSPS) is 52.6.